The molecule has 3 N–H and O–H groups in total. The molecule has 7 heavy (non-hydrogen) atoms. The summed E-state index contributed by atoms with van der Waals surface area (Å²) < 4.78 is 0. The molecule has 0 spiro atoms. The number of rotatable bonds is 1. The molecule has 0 aliphatic rings. The molecule has 0 heterocycles. The van der Waals surface area contributed by atoms with Crippen molar-refractivity contribution in [3.05, 3.63) is 0 Å². The maximum atomic E-state index is 8.61. The average molecular weight is 118 g/mol. The van der Waals surface area contributed by atoms with E-state index in [9.17, 15) is 0 Å². The van der Waals surface area contributed by atoms with Gasteiger partial charge in [0.2, 0.25) is 0 Å². The van der Waals surface area contributed by atoms with Gasteiger partial charge in [0.25, 0.3) is 0 Å². The van der Waals surface area contributed by atoms with Crippen molar-refractivity contribution >= 4 is 8.04 Å². The summed E-state index contributed by atoms with van der Waals surface area (Å²) in [7, 11) is 0.550. The Bertz CT molecular complexity index is 86.2. The molecule has 0 rings (SSSR count). The summed E-state index contributed by atoms with van der Waals surface area (Å²) >= 11 is 0. The minimum atomic E-state index is -0.494. The molecule has 0 aromatic carbocycles. The van der Waals surface area contributed by atoms with Gasteiger partial charge in [0.15, 0.2) is 0 Å². The van der Waals surface area contributed by atoms with Crippen molar-refractivity contribution in [1.29, 1.82) is 0 Å². The van der Waals surface area contributed by atoms with Crippen molar-refractivity contribution in [1.82, 2.24) is 0 Å². The summed E-state index contributed by atoms with van der Waals surface area (Å²) in [6.45, 7) is 1.62. The third kappa shape index (κ3) is 2.78. The van der Waals surface area contributed by atoms with Crippen LogP contribution in [0.4, 0.5) is 0 Å². The van der Waals surface area contributed by atoms with E-state index in [1.165, 1.54) is 0 Å². The van der Waals surface area contributed by atoms with Gasteiger partial charge in [-0.1, -0.05) is 0 Å². The van der Waals surface area contributed by atoms with E-state index in [4.69, 9.17) is 17.0 Å². The van der Waals surface area contributed by atoms with Crippen molar-refractivity contribution < 1.29 is 5.11 Å². The topological polar surface area (TPSA) is 46.2 Å². The number of hydrogen-bond acceptors (Lipinski definition) is 2. The SMILES string of the molecule is C#[P+]C(N)C(C)O. The summed E-state index contributed by atoms with van der Waals surface area (Å²) in [5.74, 6) is -0.292. The molecule has 0 saturated carbocycles. The quantitative estimate of drug-likeness (QED) is 0.483. The molecule has 0 radical (unpaired) electrons. The predicted octanol–water partition coefficient (Wildman–Crippen LogP) is 0.187. The van der Waals surface area contributed by atoms with E-state index in [1.807, 2.05) is 0 Å². The third-order valence-electron chi connectivity index (χ3n) is 0.666. The van der Waals surface area contributed by atoms with Crippen LogP contribution >= 0.6 is 8.04 Å². The van der Waals surface area contributed by atoms with Crippen LogP contribution in [0.5, 0.6) is 0 Å². The average Bonchev–Trinajstić information content (AvgIpc) is 1.65. The van der Waals surface area contributed by atoms with E-state index >= 15 is 0 Å². The summed E-state index contributed by atoms with van der Waals surface area (Å²) in [5.41, 5.74) is 5.23. The molecule has 0 fully saturated rings. The molecule has 0 aromatic heterocycles. The van der Waals surface area contributed by atoms with Gasteiger partial charge in [0.1, 0.15) is 0 Å². The first-order valence-electron chi connectivity index (χ1n) is 2.02. The van der Waals surface area contributed by atoms with Crippen LogP contribution in [0.2, 0.25) is 0 Å². The standard InChI is InChI=1S/C4H9NOP/c1-3(6)4(5)7-2/h2-4,6H,5H2,1H3/q+1. The number of aliphatic hydroxyl groups is 1. The molecule has 0 amide bonds. The molecular weight excluding hydrogens is 109 g/mol. The Morgan fingerprint density at radius 3 is 2.29 bits per heavy atom. The van der Waals surface area contributed by atoms with Crippen LogP contribution < -0.4 is 5.73 Å². The zero-order chi connectivity index (χ0) is 5.86. The Labute approximate surface area is 44.8 Å². The van der Waals surface area contributed by atoms with Gasteiger partial charge in [-0.3, -0.25) is 0 Å². The summed E-state index contributed by atoms with van der Waals surface area (Å²) in [6, 6.07) is 0. The number of hydrogen-bond donors (Lipinski definition) is 2. The molecule has 0 bridgehead atoms. The number of aliphatic hydroxyl groups excluding tert-OH is 1. The van der Waals surface area contributed by atoms with Crippen molar-refractivity contribution in [2.75, 3.05) is 0 Å². The summed E-state index contributed by atoms with van der Waals surface area (Å²) in [6.07, 6.45) is 4.57. The van der Waals surface area contributed by atoms with Gasteiger partial charge in [-0.05, 0) is 0 Å². The molecule has 0 saturated heterocycles. The van der Waals surface area contributed by atoms with Crippen LogP contribution in [-0.2, 0) is 0 Å². The Kier molecular flexibility index (Phi) is 3.23. The van der Waals surface area contributed by atoms with E-state index in [2.05, 4.69) is 0 Å². The fourth-order valence-electron chi connectivity index (χ4n) is 0.125. The second-order valence-electron chi connectivity index (χ2n) is 1.38. The zero-order valence-electron chi connectivity index (χ0n) is 4.20. The third-order valence-corrected chi connectivity index (χ3v) is 1.44. The van der Waals surface area contributed by atoms with Crippen LogP contribution in [0.1, 0.15) is 6.92 Å². The van der Waals surface area contributed by atoms with Gasteiger partial charge < -0.3 is 0 Å². The van der Waals surface area contributed by atoms with Gasteiger partial charge in [0, 0.05) is 0 Å². The minimum absolute atomic E-state index is 0.292. The first-order valence-corrected chi connectivity index (χ1v) is 3.05. The Morgan fingerprint density at radius 2 is 2.29 bits per heavy atom. The molecule has 0 aromatic rings. The first kappa shape index (κ1) is 7.13. The van der Waals surface area contributed by atoms with E-state index in [-0.39, 0.29) is 5.78 Å². The van der Waals surface area contributed by atoms with Crippen molar-refractivity contribution in [2.45, 2.75) is 18.8 Å². The normalized spacial score (nSPS) is 18.0. The Hall–Kier alpha value is 0.130. The molecule has 2 nitrogen and oxygen atoms in total. The molecular formula is C4H9NOP+. The first-order chi connectivity index (χ1) is 3.18. The van der Waals surface area contributed by atoms with E-state index < -0.39 is 6.10 Å². The molecule has 40 valence electrons. The molecule has 3 heteroatoms. The van der Waals surface area contributed by atoms with Gasteiger partial charge in [-0.25, -0.2) is 0 Å². The van der Waals surface area contributed by atoms with Gasteiger partial charge in [0.05, 0.1) is 0 Å². The van der Waals surface area contributed by atoms with Crippen LogP contribution in [0.15, 0.2) is 0 Å². The van der Waals surface area contributed by atoms with Gasteiger partial charge in [-0.15, -0.1) is 0 Å². The van der Waals surface area contributed by atoms with Crippen LogP contribution in [-0.4, -0.2) is 17.0 Å². The van der Waals surface area contributed by atoms with Gasteiger partial charge >= 0.3 is 43.8 Å². The Morgan fingerprint density at radius 1 is 1.86 bits per heavy atom. The molecule has 2 atom stereocenters. The number of nitrogens with two attached hydrogens (primary N) is 1. The maximum absolute atomic E-state index is 8.61. The summed E-state index contributed by atoms with van der Waals surface area (Å²) in [4.78, 5) is 0. The van der Waals surface area contributed by atoms with Crippen molar-refractivity contribution in [3.8, 4) is 6.13 Å². The molecule has 0 aliphatic carbocycles. The van der Waals surface area contributed by atoms with Crippen LogP contribution in [0.25, 0.3) is 0 Å². The second-order valence-corrected chi connectivity index (χ2v) is 2.27. The molecule has 0 aliphatic heterocycles. The van der Waals surface area contributed by atoms with E-state index in [1.54, 1.807) is 6.92 Å². The Balaban J connectivity index is 3.40. The fourth-order valence-corrected chi connectivity index (χ4v) is 0.374. The predicted molar refractivity (Wildman–Crippen MR) is 31.5 cm³/mol. The van der Waals surface area contributed by atoms with Gasteiger partial charge in [-0.2, -0.15) is 0 Å². The van der Waals surface area contributed by atoms with Crippen molar-refractivity contribution in [3.63, 3.8) is 0 Å². The van der Waals surface area contributed by atoms with E-state index in [0.29, 0.717) is 8.04 Å². The van der Waals surface area contributed by atoms with Crippen LogP contribution in [0.3, 0.4) is 0 Å². The van der Waals surface area contributed by atoms with E-state index in [0.717, 1.165) is 0 Å². The molecule has 2 unspecified atom stereocenters. The zero-order valence-corrected chi connectivity index (χ0v) is 5.10. The summed E-state index contributed by atoms with van der Waals surface area (Å²) in [5, 5.41) is 8.61. The fraction of sp³-hybridized carbons (Fsp3) is 0.750. The van der Waals surface area contributed by atoms with Crippen LogP contribution in [0, 0.1) is 6.13 Å². The second kappa shape index (κ2) is 3.17. The monoisotopic (exact) mass is 118 g/mol. The van der Waals surface area contributed by atoms with Crippen molar-refractivity contribution in [2.24, 2.45) is 5.73 Å².